The summed E-state index contributed by atoms with van der Waals surface area (Å²) in [6.07, 6.45) is 9.68. The predicted octanol–water partition coefficient (Wildman–Crippen LogP) is 2.76. The van der Waals surface area contributed by atoms with Crippen LogP contribution in [0.2, 0.25) is 0 Å². The summed E-state index contributed by atoms with van der Waals surface area (Å²) < 4.78 is 2.13. The third-order valence-electron chi connectivity index (χ3n) is 6.68. The predicted molar refractivity (Wildman–Crippen MR) is 112 cm³/mol. The molecule has 2 saturated heterocycles. The Balaban J connectivity index is 1.47. The maximum Gasteiger partial charge on any atom is 0.274 e. The first-order chi connectivity index (χ1) is 13.8. The first-order valence-corrected chi connectivity index (χ1v) is 11.6. The van der Waals surface area contributed by atoms with Crippen LogP contribution in [0.5, 0.6) is 0 Å². The molecule has 2 fully saturated rings. The number of amides is 1. The van der Waals surface area contributed by atoms with Crippen LogP contribution in [0, 0.1) is 0 Å². The Kier molecular flexibility index (Phi) is 6.68. The van der Waals surface area contributed by atoms with Crippen LogP contribution in [0.25, 0.3) is 0 Å². The SMILES string of the molecule is CCCn1nc(C(=O)N2CCCCC2)c2c1CCN(CCN1CCCCC1)C2. The van der Waals surface area contributed by atoms with E-state index in [9.17, 15) is 4.79 Å². The quantitative estimate of drug-likeness (QED) is 0.753. The first kappa shape index (κ1) is 19.9. The van der Waals surface area contributed by atoms with Crippen LogP contribution in [0.3, 0.4) is 0 Å². The number of fused-ring (bicyclic) bond motifs is 1. The van der Waals surface area contributed by atoms with Gasteiger partial charge in [0.1, 0.15) is 0 Å². The lowest BCUT2D eigenvalue weighted by Gasteiger charge is -2.32. The van der Waals surface area contributed by atoms with Crippen LogP contribution < -0.4 is 0 Å². The first-order valence-electron chi connectivity index (χ1n) is 11.6. The molecule has 4 rings (SSSR count). The van der Waals surface area contributed by atoms with Gasteiger partial charge in [0.05, 0.1) is 0 Å². The van der Waals surface area contributed by atoms with Gasteiger partial charge in [0, 0.05) is 63.5 Å². The molecule has 3 aliphatic rings. The van der Waals surface area contributed by atoms with Crippen molar-refractivity contribution in [2.45, 2.75) is 71.4 Å². The van der Waals surface area contributed by atoms with Gasteiger partial charge in [-0.2, -0.15) is 5.10 Å². The van der Waals surface area contributed by atoms with Crippen molar-refractivity contribution in [2.24, 2.45) is 0 Å². The van der Waals surface area contributed by atoms with Crippen molar-refractivity contribution in [3.63, 3.8) is 0 Å². The van der Waals surface area contributed by atoms with E-state index in [1.165, 1.54) is 50.0 Å². The molecular formula is C22H37N5O. The zero-order valence-electron chi connectivity index (χ0n) is 17.7. The van der Waals surface area contributed by atoms with Crippen LogP contribution in [0.4, 0.5) is 0 Å². The van der Waals surface area contributed by atoms with Gasteiger partial charge >= 0.3 is 0 Å². The number of rotatable bonds is 6. The molecule has 0 aromatic carbocycles. The highest BCUT2D eigenvalue weighted by molar-refractivity contribution is 5.94. The lowest BCUT2D eigenvalue weighted by Crippen LogP contribution is -2.41. The molecule has 6 heteroatoms. The summed E-state index contributed by atoms with van der Waals surface area (Å²) in [5, 5.41) is 4.83. The Morgan fingerprint density at radius 2 is 1.54 bits per heavy atom. The summed E-state index contributed by atoms with van der Waals surface area (Å²) in [6, 6.07) is 0. The summed E-state index contributed by atoms with van der Waals surface area (Å²) in [4.78, 5) is 20.4. The normalized spacial score (nSPS) is 21.7. The van der Waals surface area contributed by atoms with Gasteiger partial charge in [0.25, 0.3) is 5.91 Å². The van der Waals surface area contributed by atoms with Gasteiger partial charge in [-0.1, -0.05) is 13.3 Å². The number of aromatic nitrogens is 2. The Bertz CT molecular complexity index is 658. The van der Waals surface area contributed by atoms with Crippen LogP contribution in [0.15, 0.2) is 0 Å². The highest BCUT2D eigenvalue weighted by atomic mass is 16.2. The number of nitrogens with zero attached hydrogens (tertiary/aromatic N) is 5. The van der Waals surface area contributed by atoms with E-state index < -0.39 is 0 Å². The van der Waals surface area contributed by atoms with E-state index in [1.54, 1.807) is 0 Å². The molecule has 3 aliphatic heterocycles. The smallest absolute Gasteiger partial charge is 0.274 e. The minimum absolute atomic E-state index is 0.170. The van der Waals surface area contributed by atoms with Crippen molar-refractivity contribution in [3.8, 4) is 0 Å². The lowest BCUT2D eigenvalue weighted by atomic mass is 10.0. The van der Waals surface area contributed by atoms with Crippen LogP contribution >= 0.6 is 0 Å². The van der Waals surface area contributed by atoms with Crippen molar-refractivity contribution in [2.75, 3.05) is 45.8 Å². The van der Waals surface area contributed by atoms with Gasteiger partial charge in [0.2, 0.25) is 0 Å². The molecule has 0 unspecified atom stereocenters. The van der Waals surface area contributed by atoms with Gasteiger partial charge in [-0.15, -0.1) is 0 Å². The van der Waals surface area contributed by atoms with E-state index in [4.69, 9.17) is 5.10 Å². The highest BCUT2D eigenvalue weighted by Crippen LogP contribution is 2.25. The van der Waals surface area contributed by atoms with Crippen molar-refractivity contribution >= 4 is 5.91 Å². The van der Waals surface area contributed by atoms with Gasteiger partial charge in [-0.05, 0) is 51.6 Å². The summed E-state index contributed by atoms with van der Waals surface area (Å²) in [5.74, 6) is 0.170. The molecule has 156 valence electrons. The lowest BCUT2D eigenvalue weighted by molar-refractivity contribution is 0.0714. The Labute approximate surface area is 169 Å². The zero-order chi connectivity index (χ0) is 19.3. The van der Waals surface area contributed by atoms with Crippen LogP contribution in [-0.2, 0) is 19.5 Å². The van der Waals surface area contributed by atoms with E-state index in [2.05, 4.69) is 21.4 Å². The third kappa shape index (κ3) is 4.43. The van der Waals surface area contributed by atoms with Crippen LogP contribution in [0.1, 0.15) is 73.6 Å². The molecule has 1 aromatic heterocycles. The number of hydrogen-bond acceptors (Lipinski definition) is 4. The molecule has 1 aromatic rings. The average molecular weight is 388 g/mol. The molecule has 0 bridgehead atoms. The number of piperidine rings is 2. The highest BCUT2D eigenvalue weighted by Gasteiger charge is 2.30. The summed E-state index contributed by atoms with van der Waals surface area (Å²) >= 11 is 0. The molecule has 4 heterocycles. The fourth-order valence-electron chi connectivity index (χ4n) is 5.02. The Morgan fingerprint density at radius 1 is 0.857 bits per heavy atom. The zero-order valence-corrected chi connectivity index (χ0v) is 17.7. The number of carbonyl (C=O) groups is 1. The minimum atomic E-state index is 0.170. The number of aryl methyl sites for hydroxylation is 1. The Hall–Kier alpha value is -1.40. The van der Waals surface area contributed by atoms with E-state index >= 15 is 0 Å². The van der Waals surface area contributed by atoms with Crippen LogP contribution in [-0.4, -0.2) is 76.2 Å². The largest absolute Gasteiger partial charge is 0.337 e. The molecule has 0 aliphatic carbocycles. The summed E-state index contributed by atoms with van der Waals surface area (Å²) in [5.41, 5.74) is 3.28. The standard InChI is InChI=1S/C22H37N5O/c1-2-10-27-20-9-15-25(17-16-24-11-5-3-6-12-24)18-19(20)21(23-27)22(28)26-13-7-4-8-14-26/h2-18H2,1H3. The van der Waals surface area contributed by atoms with E-state index in [1.807, 2.05) is 4.90 Å². The molecule has 0 atom stereocenters. The monoisotopic (exact) mass is 387 g/mol. The molecular weight excluding hydrogens is 350 g/mol. The molecule has 0 saturated carbocycles. The summed E-state index contributed by atoms with van der Waals surface area (Å²) in [6.45, 7) is 11.7. The van der Waals surface area contributed by atoms with Crippen molar-refractivity contribution < 1.29 is 4.79 Å². The number of carbonyl (C=O) groups excluding carboxylic acids is 1. The Morgan fingerprint density at radius 3 is 2.25 bits per heavy atom. The minimum Gasteiger partial charge on any atom is -0.337 e. The molecule has 6 nitrogen and oxygen atoms in total. The number of likely N-dealkylation sites (tertiary alicyclic amines) is 2. The van der Waals surface area contributed by atoms with E-state index in [-0.39, 0.29) is 5.91 Å². The second kappa shape index (κ2) is 9.40. The van der Waals surface area contributed by atoms with E-state index in [0.717, 1.165) is 77.2 Å². The van der Waals surface area contributed by atoms with Crippen molar-refractivity contribution in [1.29, 1.82) is 0 Å². The van der Waals surface area contributed by atoms with Crippen molar-refractivity contribution in [3.05, 3.63) is 17.0 Å². The fraction of sp³-hybridized carbons (Fsp3) is 0.818. The topological polar surface area (TPSA) is 44.6 Å². The van der Waals surface area contributed by atoms with Gasteiger partial charge in [0.15, 0.2) is 5.69 Å². The second-order valence-corrected chi connectivity index (χ2v) is 8.78. The number of hydrogen-bond donors (Lipinski definition) is 0. The molecule has 0 N–H and O–H groups in total. The maximum absolute atomic E-state index is 13.2. The average Bonchev–Trinajstić information content (AvgIpc) is 3.11. The fourth-order valence-corrected chi connectivity index (χ4v) is 5.02. The van der Waals surface area contributed by atoms with Gasteiger partial charge < -0.3 is 9.80 Å². The third-order valence-corrected chi connectivity index (χ3v) is 6.68. The summed E-state index contributed by atoms with van der Waals surface area (Å²) in [7, 11) is 0. The van der Waals surface area contributed by atoms with Gasteiger partial charge in [-0.25, -0.2) is 0 Å². The van der Waals surface area contributed by atoms with Crippen molar-refractivity contribution in [1.82, 2.24) is 24.5 Å². The molecule has 0 radical (unpaired) electrons. The second-order valence-electron chi connectivity index (χ2n) is 8.78. The van der Waals surface area contributed by atoms with Gasteiger partial charge in [-0.3, -0.25) is 14.4 Å². The molecule has 28 heavy (non-hydrogen) atoms. The van der Waals surface area contributed by atoms with E-state index in [0.29, 0.717) is 0 Å². The molecule has 1 amide bonds. The molecule has 0 spiro atoms. The maximum atomic E-state index is 13.2.